The van der Waals surface area contributed by atoms with Gasteiger partial charge in [-0.25, -0.2) is 9.78 Å². The highest BCUT2D eigenvalue weighted by Crippen LogP contribution is 2.21. The van der Waals surface area contributed by atoms with Gasteiger partial charge in [0.15, 0.2) is 5.16 Å². The molecule has 0 fully saturated rings. The van der Waals surface area contributed by atoms with Crippen LogP contribution in [0.15, 0.2) is 28.2 Å². The Bertz CT molecular complexity index is 927. The number of carbonyl (C=O) groups excluding carboxylic acids is 2. The lowest BCUT2D eigenvalue weighted by Gasteiger charge is -2.15. The van der Waals surface area contributed by atoms with Crippen LogP contribution in [0.25, 0.3) is 10.9 Å². The van der Waals surface area contributed by atoms with Crippen molar-refractivity contribution in [1.29, 1.82) is 0 Å². The van der Waals surface area contributed by atoms with Crippen molar-refractivity contribution in [3.8, 4) is 0 Å². The van der Waals surface area contributed by atoms with Gasteiger partial charge in [0.05, 0.1) is 16.7 Å². The molecule has 3 amide bonds. The van der Waals surface area contributed by atoms with Crippen molar-refractivity contribution >= 4 is 46.2 Å². The zero-order chi connectivity index (χ0) is 20.8. The average Bonchev–Trinajstić information content (AvgIpc) is 2.61. The van der Waals surface area contributed by atoms with E-state index in [0.717, 1.165) is 11.8 Å². The summed E-state index contributed by atoms with van der Waals surface area (Å²) in [7, 11) is 0. The number of thioether (sulfide) groups is 1. The molecule has 0 unspecified atom stereocenters. The van der Waals surface area contributed by atoms with Gasteiger partial charge in [-0.1, -0.05) is 51.1 Å². The van der Waals surface area contributed by atoms with Crippen LogP contribution in [-0.4, -0.2) is 33.8 Å². The van der Waals surface area contributed by atoms with E-state index in [9.17, 15) is 14.4 Å². The number of benzene rings is 1. The van der Waals surface area contributed by atoms with Crippen molar-refractivity contribution in [2.45, 2.75) is 39.4 Å². The van der Waals surface area contributed by atoms with E-state index in [1.165, 1.54) is 0 Å². The van der Waals surface area contributed by atoms with Crippen molar-refractivity contribution in [2.75, 3.05) is 12.3 Å². The number of hydrogen-bond acceptors (Lipinski definition) is 5. The number of imide groups is 1. The van der Waals surface area contributed by atoms with Crippen LogP contribution in [0.2, 0.25) is 5.02 Å². The Labute approximate surface area is 173 Å². The highest BCUT2D eigenvalue weighted by atomic mass is 35.5. The van der Waals surface area contributed by atoms with Crippen LogP contribution in [0.4, 0.5) is 4.79 Å². The van der Waals surface area contributed by atoms with Gasteiger partial charge in [0.1, 0.15) is 0 Å². The predicted octanol–water partition coefficient (Wildman–Crippen LogP) is 3.28. The van der Waals surface area contributed by atoms with Crippen molar-refractivity contribution < 1.29 is 9.59 Å². The second-order valence-electron chi connectivity index (χ2n) is 7.31. The summed E-state index contributed by atoms with van der Waals surface area (Å²) < 4.78 is 1.56. The number of hydrogen-bond donors (Lipinski definition) is 2. The van der Waals surface area contributed by atoms with Crippen molar-refractivity contribution in [2.24, 2.45) is 11.8 Å². The first-order valence-electron chi connectivity index (χ1n) is 9.08. The fourth-order valence-electron chi connectivity index (χ4n) is 2.44. The van der Waals surface area contributed by atoms with Crippen molar-refractivity contribution in [1.82, 2.24) is 20.2 Å². The molecule has 0 saturated heterocycles. The largest absolute Gasteiger partial charge is 0.338 e. The maximum atomic E-state index is 12.9. The van der Waals surface area contributed by atoms with Crippen LogP contribution in [0.5, 0.6) is 0 Å². The quantitative estimate of drug-likeness (QED) is 0.525. The number of halogens is 1. The Balaban J connectivity index is 2.18. The van der Waals surface area contributed by atoms with E-state index >= 15 is 0 Å². The summed E-state index contributed by atoms with van der Waals surface area (Å²) in [6.45, 7) is 8.86. The van der Waals surface area contributed by atoms with Crippen LogP contribution in [-0.2, 0) is 11.3 Å². The van der Waals surface area contributed by atoms with Gasteiger partial charge in [-0.15, -0.1) is 0 Å². The predicted molar refractivity (Wildman–Crippen MR) is 113 cm³/mol. The van der Waals surface area contributed by atoms with Gasteiger partial charge < -0.3 is 5.32 Å². The molecule has 2 rings (SSSR count). The van der Waals surface area contributed by atoms with E-state index in [-0.39, 0.29) is 23.1 Å². The monoisotopic (exact) mass is 424 g/mol. The number of rotatable bonds is 7. The van der Waals surface area contributed by atoms with Gasteiger partial charge in [-0.2, -0.15) is 0 Å². The molecule has 152 valence electrons. The zero-order valence-corrected chi connectivity index (χ0v) is 18.0. The van der Waals surface area contributed by atoms with Gasteiger partial charge >= 0.3 is 6.03 Å². The van der Waals surface area contributed by atoms with Gasteiger partial charge in [0.25, 0.3) is 5.56 Å². The van der Waals surface area contributed by atoms with E-state index < -0.39 is 11.9 Å². The molecule has 0 aliphatic carbocycles. The molecule has 0 atom stereocenters. The molecule has 0 saturated carbocycles. The smallest absolute Gasteiger partial charge is 0.321 e. The minimum atomic E-state index is -0.528. The summed E-state index contributed by atoms with van der Waals surface area (Å²) in [6, 6.07) is 4.43. The summed E-state index contributed by atoms with van der Waals surface area (Å²) in [6.07, 6.45) is 0. The molecule has 7 nitrogen and oxygen atoms in total. The molecular weight excluding hydrogens is 400 g/mol. The highest BCUT2D eigenvalue weighted by Gasteiger charge is 2.15. The van der Waals surface area contributed by atoms with Crippen molar-refractivity contribution in [3.05, 3.63) is 33.6 Å². The average molecular weight is 425 g/mol. The lowest BCUT2D eigenvalue weighted by atomic mass is 10.2. The summed E-state index contributed by atoms with van der Waals surface area (Å²) in [4.78, 5) is 41.2. The zero-order valence-electron chi connectivity index (χ0n) is 16.4. The topological polar surface area (TPSA) is 93.1 Å². The molecule has 0 radical (unpaired) electrons. The lowest BCUT2D eigenvalue weighted by molar-refractivity contribution is -0.117. The van der Waals surface area contributed by atoms with Crippen LogP contribution in [0.3, 0.4) is 0 Å². The number of urea groups is 1. The Morgan fingerprint density at radius 2 is 1.93 bits per heavy atom. The van der Waals surface area contributed by atoms with Crippen molar-refractivity contribution in [3.63, 3.8) is 0 Å². The second kappa shape index (κ2) is 9.93. The Hall–Kier alpha value is -2.06. The molecule has 0 spiro atoms. The minimum absolute atomic E-state index is 0.0290. The number of nitrogens with zero attached hydrogens (tertiary/aromatic N) is 2. The molecule has 28 heavy (non-hydrogen) atoms. The van der Waals surface area contributed by atoms with Gasteiger partial charge in [-0.05, 0) is 30.0 Å². The highest BCUT2D eigenvalue weighted by molar-refractivity contribution is 7.99. The number of aromatic nitrogens is 2. The molecule has 0 aliphatic heterocycles. The number of nitrogens with one attached hydrogen (secondary N) is 2. The third-order valence-corrected chi connectivity index (χ3v) is 4.90. The molecule has 1 aromatic carbocycles. The number of carbonyl (C=O) groups is 2. The summed E-state index contributed by atoms with van der Waals surface area (Å²) in [5.74, 6) is 0.0218. The molecule has 0 aliphatic rings. The fourth-order valence-corrected chi connectivity index (χ4v) is 3.42. The molecular formula is C19H25ClN4O3S. The maximum absolute atomic E-state index is 12.9. The minimum Gasteiger partial charge on any atom is -0.338 e. The van der Waals surface area contributed by atoms with Crippen LogP contribution in [0.1, 0.15) is 27.7 Å². The van der Waals surface area contributed by atoms with E-state index in [2.05, 4.69) is 15.6 Å². The first kappa shape index (κ1) is 22.2. The molecule has 2 aromatic rings. The van der Waals surface area contributed by atoms with Crippen LogP contribution in [0, 0.1) is 11.8 Å². The normalized spacial score (nSPS) is 11.2. The molecule has 1 heterocycles. The van der Waals surface area contributed by atoms with E-state index in [4.69, 9.17) is 11.6 Å². The SMILES string of the molecule is CC(C)CNC(=O)NC(=O)CSc1nc2ccc(Cl)cc2c(=O)n1CC(C)C. The molecule has 0 bridgehead atoms. The second-order valence-corrected chi connectivity index (χ2v) is 8.69. The van der Waals surface area contributed by atoms with Crippen LogP contribution >= 0.6 is 23.4 Å². The lowest BCUT2D eigenvalue weighted by Crippen LogP contribution is -2.41. The maximum Gasteiger partial charge on any atom is 0.321 e. The number of amides is 3. The van der Waals surface area contributed by atoms with E-state index in [0.29, 0.717) is 34.2 Å². The Kier molecular flexibility index (Phi) is 7.88. The van der Waals surface area contributed by atoms with E-state index in [1.807, 2.05) is 27.7 Å². The number of fused-ring (bicyclic) bond motifs is 1. The summed E-state index contributed by atoms with van der Waals surface area (Å²) in [5, 5.41) is 6.25. The van der Waals surface area contributed by atoms with Gasteiger partial charge in [0.2, 0.25) is 5.91 Å². The Morgan fingerprint density at radius 3 is 2.57 bits per heavy atom. The summed E-state index contributed by atoms with van der Waals surface area (Å²) >= 11 is 7.14. The third-order valence-electron chi connectivity index (χ3n) is 3.69. The first-order valence-corrected chi connectivity index (χ1v) is 10.4. The molecule has 1 aromatic heterocycles. The first-order chi connectivity index (χ1) is 13.2. The fraction of sp³-hybridized carbons (Fsp3) is 0.474. The third kappa shape index (κ3) is 6.24. The van der Waals surface area contributed by atoms with Gasteiger partial charge in [0, 0.05) is 18.1 Å². The molecule has 9 heteroatoms. The Morgan fingerprint density at radius 1 is 1.21 bits per heavy atom. The van der Waals surface area contributed by atoms with Crippen LogP contribution < -0.4 is 16.2 Å². The standard InChI is InChI=1S/C19H25ClN4O3S/c1-11(2)8-21-18(27)23-16(25)10-28-19-22-15-6-5-13(20)7-14(15)17(26)24(19)9-12(3)4/h5-7,11-12H,8-10H2,1-4H3,(H2,21,23,25,27). The molecule has 2 N–H and O–H groups in total. The summed E-state index contributed by atoms with van der Waals surface area (Å²) in [5.41, 5.74) is 0.325. The van der Waals surface area contributed by atoms with E-state index in [1.54, 1.807) is 22.8 Å². The van der Waals surface area contributed by atoms with Gasteiger partial charge in [-0.3, -0.25) is 19.5 Å².